The molecule has 0 radical (unpaired) electrons. The summed E-state index contributed by atoms with van der Waals surface area (Å²) in [5.41, 5.74) is 11.6. The summed E-state index contributed by atoms with van der Waals surface area (Å²) in [7, 11) is 2.19. The van der Waals surface area contributed by atoms with Gasteiger partial charge in [-0.15, -0.1) is 11.3 Å². The fourth-order valence-corrected chi connectivity index (χ4v) is 7.68. The number of thiazole rings is 1. The van der Waals surface area contributed by atoms with Crippen molar-refractivity contribution in [2.24, 2.45) is 7.05 Å². The molecule has 0 aliphatic rings. The maximum atomic E-state index is 7.00. The average molecular weight is 587 g/mol. The smallest absolute Gasteiger partial charge is 0.299 e. The Morgan fingerprint density at radius 2 is 1.47 bits per heavy atom. The molecule has 3 aromatic heterocycles. The van der Waals surface area contributed by atoms with Gasteiger partial charge in [0.05, 0.1) is 22.3 Å². The molecule has 0 aliphatic carbocycles. The lowest BCUT2D eigenvalue weighted by molar-refractivity contribution is -0.633. The first kappa shape index (κ1) is 27.8. The van der Waals surface area contributed by atoms with E-state index in [1.54, 1.807) is 11.3 Å². The summed E-state index contributed by atoms with van der Waals surface area (Å²) in [4.78, 5) is 5.00. The molecule has 4 nitrogen and oxygen atoms in total. The molecule has 0 unspecified atom stereocenters. The molecule has 0 bridgehead atoms. The van der Waals surface area contributed by atoms with Gasteiger partial charge in [0.1, 0.15) is 11.3 Å². The Hall–Kier alpha value is -3.96. The standard InChI is InChI=1S/C38H40N3OS/c1-21(2)24-13-12-14-25(22(3)4)32(24)41-30-16-11-10-15-29(30)40(9)36(41)31-23(5)17-18-26-27-19-20-28-35(34(27)42-33(26)31)43-37(39-28)38(6,7)8/h10-22H,1-9H3/q+1. The number of imidazole rings is 1. The zero-order chi connectivity index (χ0) is 30.4. The number of nitrogens with zero attached hydrogens (tertiary/aromatic N) is 3. The van der Waals surface area contributed by atoms with Crippen molar-refractivity contribution in [3.63, 3.8) is 0 Å². The van der Waals surface area contributed by atoms with E-state index >= 15 is 0 Å². The third-order valence-corrected chi connectivity index (χ3v) is 10.3. The molecule has 4 aromatic carbocycles. The molecule has 7 rings (SSSR count). The van der Waals surface area contributed by atoms with Gasteiger partial charge in [0, 0.05) is 27.3 Å². The van der Waals surface area contributed by atoms with Crippen LogP contribution in [0.1, 0.15) is 82.0 Å². The van der Waals surface area contributed by atoms with E-state index in [9.17, 15) is 0 Å². The fourth-order valence-electron chi connectivity index (χ4n) is 6.57. The van der Waals surface area contributed by atoms with Crippen LogP contribution in [-0.4, -0.2) is 9.55 Å². The van der Waals surface area contributed by atoms with Gasteiger partial charge in [0.2, 0.25) is 0 Å². The number of benzene rings is 4. The SMILES string of the molecule is Cc1ccc2c(oc3c2ccc2nc(C(C)(C)C)sc23)c1-c1n(-c2c(C(C)C)cccc2C(C)C)c2ccccc2[n+]1C. The lowest BCUT2D eigenvalue weighted by atomic mass is 9.92. The van der Waals surface area contributed by atoms with Crippen molar-refractivity contribution in [3.05, 3.63) is 88.4 Å². The van der Waals surface area contributed by atoms with Crippen molar-refractivity contribution in [1.29, 1.82) is 0 Å². The summed E-state index contributed by atoms with van der Waals surface area (Å²) in [6.07, 6.45) is 0. The first-order valence-electron chi connectivity index (χ1n) is 15.4. The van der Waals surface area contributed by atoms with Gasteiger partial charge in [-0.3, -0.25) is 0 Å². The van der Waals surface area contributed by atoms with Crippen molar-refractivity contribution < 1.29 is 8.98 Å². The largest absolute Gasteiger partial charge is 0.454 e. The zero-order valence-electron chi connectivity index (χ0n) is 26.7. The Labute approximate surface area is 257 Å². The van der Waals surface area contributed by atoms with Crippen molar-refractivity contribution >= 4 is 54.5 Å². The minimum absolute atomic E-state index is 0.0175. The van der Waals surface area contributed by atoms with Crippen LogP contribution in [-0.2, 0) is 12.5 Å². The van der Waals surface area contributed by atoms with Crippen LogP contribution in [0.5, 0.6) is 0 Å². The van der Waals surface area contributed by atoms with Gasteiger partial charge in [0.15, 0.2) is 22.2 Å². The predicted molar refractivity (Wildman–Crippen MR) is 182 cm³/mol. The van der Waals surface area contributed by atoms with E-state index in [1.807, 2.05) is 0 Å². The summed E-state index contributed by atoms with van der Waals surface area (Å²) in [6, 6.07) is 24.4. The number of hydrogen-bond acceptors (Lipinski definition) is 3. The summed E-state index contributed by atoms with van der Waals surface area (Å²) >= 11 is 1.76. The van der Waals surface area contributed by atoms with Crippen molar-refractivity contribution in [2.45, 2.75) is 72.6 Å². The van der Waals surface area contributed by atoms with Gasteiger partial charge in [0.25, 0.3) is 5.82 Å². The number of fused-ring (bicyclic) bond motifs is 6. The highest BCUT2D eigenvalue weighted by Crippen LogP contribution is 2.44. The number of rotatable bonds is 4. The third kappa shape index (κ3) is 4.16. The highest BCUT2D eigenvalue weighted by atomic mass is 32.1. The lowest BCUT2D eigenvalue weighted by Gasteiger charge is -2.18. The van der Waals surface area contributed by atoms with E-state index in [-0.39, 0.29) is 5.41 Å². The maximum absolute atomic E-state index is 7.00. The van der Waals surface area contributed by atoms with E-state index in [2.05, 4.69) is 138 Å². The molecular formula is C38H40N3OS+. The minimum atomic E-state index is -0.0175. The monoisotopic (exact) mass is 586 g/mol. The van der Waals surface area contributed by atoms with Crippen molar-refractivity contribution in [2.75, 3.05) is 0 Å². The minimum Gasteiger partial charge on any atom is -0.454 e. The predicted octanol–water partition coefficient (Wildman–Crippen LogP) is 10.5. The van der Waals surface area contributed by atoms with Gasteiger partial charge in [-0.05, 0) is 48.6 Å². The van der Waals surface area contributed by atoms with Gasteiger partial charge in [-0.2, -0.15) is 4.57 Å². The first-order valence-corrected chi connectivity index (χ1v) is 16.2. The van der Waals surface area contributed by atoms with Gasteiger partial charge < -0.3 is 4.42 Å². The number of para-hydroxylation sites is 3. The molecule has 5 heteroatoms. The van der Waals surface area contributed by atoms with Crippen LogP contribution < -0.4 is 4.57 Å². The Balaban J connectivity index is 1.64. The Morgan fingerprint density at radius 1 is 0.814 bits per heavy atom. The van der Waals surface area contributed by atoms with Crippen LogP contribution in [0, 0.1) is 6.92 Å². The topological polar surface area (TPSA) is 34.8 Å². The van der Waals surface area contributed by atoms with Crippen LogP contribution >= 0.6 is 11.3 Å². The van der Waals surface area contributed by atoms with Crippen molar-refractivity contribution in [3.8, 4) is 17.1 Å². The molecule has 7 aromatic rings. The van der Waals surface area contributed by atoms with E-state index in [0.717, 1.165) is 48.6 Å². The molecule has 0 N–H and O–H groups in total. The van der Waals surface area contributed by atoms with E-state index in [0.29, 0.717) is 11.8 Å². The van der Waals surface area contributed by atoms with Gasteiger partial charge in [-0.1, -0.05) is 90.9 Å². The summed E-state index contributed by atoms with van der Waals surface area (Å²) in [5.74, 6) is 1.87. The normalized spacial score (nSPS) is 12.7. The van der Waals surface area contributed by atoms with E-state index in [1.165, 1.54) is 33.4 Å². The molecular weight excluding hydrogens is 547 g/mol. The van der Waals surface area contributed by atoms with Crippen LogP contribution in [0.4, 0.5) is 0 Å². The number of hydrogen-bond donors (Lipinski definition) is 0. The number of aryl methyl sites for hydroxylation is 2. The molecule has 218 valence electrons. The van der Waals surface area contributed by atoms with Gasteiger partial charge in [-0.25, -0.2) is 9.55 Å². The van der Waals surface area contributed by atoms with Crippen LogP contribution in [0.3, 0.4) is 0 Å². The summed E-state index contributed by atoms with van der Waals surface area (Å²) in [5, 5.41) is 3.41. The Bertz CT molecular complexity index is 2170. The average Bonchev–Trinajstić information content (AvgIpc) is 3.65. The quantitative estimate of drug-likeness (QED) is 0.192. The molecule has 0 saturated heterocycles. The molecule has 0 fully saturated rings. The molecule has 0 saturated carbocycles. The third-order valence-electron chi connectivity index (χ3n) is 8.82. The fraction of sp³-hybridized carbons (Fsp3) is 0.316. The lowest BCUT2D eigenvalue weighted by Crippen LogP contribution is -2.30. The van der Waals surface area contributed by atoms with Gasteiger partial charge >= 0.3 is 0 Å². The molecule has 0 atom stereocenters. The Kier molecular flexibility index (Phi) is 6.34. The highest BCUT2D eigenvalue weighted by molar-refractivity contribution is 7.19. The van der Waals surface area contributed by atoms with E-state index < -0.39 is 0 Å². The Morgan fingerprint density at radius 3 is 2.14 bits per heavy atom. The second kappa shape index (κ2) is 9.78. The highest BCUT2D eigenvalue weighted by Gasteiger charge is 2.33. The number of aromatic nitrogens is 3. The molecule has 0 amide bonds. The van der Waals surface area contributed by atoms with Crippen molar-refractivity contribution in [1.82, 2.24) is 9.55 Å². The molecule has 0 aliphatic heterocycles. The molecule has 0 spiro atoms. The molecule has 3 heterocycles. The van der Waals surface area contributed by atoms with E-state index in [4.69, 9.17) is 9.40 Å². The maximum Gasteiger partial charge on any atom is 0.299 e. The zero-order valence-corrected chi connectivity index (χ0v) is 27.5. The second-order valence-electron chi connectivity index (χ2n) is 13.6. The van der Waals surface area contributed by atoms with Crippen LogP contribution in [0.15, 0.2) is 71.1 Å². The van der Waals surface area contributed by atoms with Crippen LogP contribution in [0.25, 0.3) is 60.3 Å². The first-order chi connectivity index (χ1) is 20.5. The molecule has 43 heavy (non-hydrogen) atoms. The summed E-state index contributed by atoms with van der Waals surface area (Å²) in [6.45, 7) is 18.1. The van der Waals surface area contributed by atoms with Crippen LogP contribution in [0.2, 0.25) is 0 Å². The summed E-state index contributed by atoms with van der Waals surface area (Å²) < 4.78 is 13.0. The number of furan rings is 1. The second-order valence-corrected chi connectivity index (χ2v) is 14.6.